The predicted octanol–water partition coefficient (Wildman–Crippen LogP) is 10.8. The molecule has 0 bridgehead atoms. The molecule has 0 unspecified atom stereocenters. The van der Waals surface area contributed by atoms with Crippen molar-refractivity contribution in [1.82, 2.24) is 0 Å². The van der Waals surface area contributed by atoms with Crippen molar-refractivity contribution in [3.05, 3.63) is 24.3 Å². The molecule has 0 rings (SSSR count). The van der Waals surface area contributed by atoms with Gasteiger partial charge in [-0.05, 0) is 83.1 Å². The Kier molecular flexibility index (Phi) is 26.4. The molecule has 0 aliphatic carbocycles. The fraction of sp³-hybridized carbons (Fsp3) is 0.714. The summed E-state index contributed by atoms with van der Waals surface area (Å²) in [7, 11) is 0. The minimum atomic E-state index is -1.69. The zero-order valence-electron chi connectivity index (χ0n) is 28.4. The number of halogens is 11. The van der Waals surface area contributed by atoms with E-state index in [2.05, 4.69) is 13.2 Å². The highest BCUT2D eigenvalue weighted by Gasteiger charge is 2.46. The molecule has 0 saturated heterocycles. The van der Waals surface area contributed by atoms with Crippen molar-refractivity contribution >= 4 is 151 Å². The molecule has 3 N–H and O–H groups in total. The van der Waals surface area contributed by atoms with Crippen LogP contribution in [-0.4, -0.2) is 77.1 Å². The highest BCUT2D eigenvalue weighted by molar-refractivity contribution is 6.69. The fourth-order valence-corrected chi connectivity index (χ4v) is 1.06. The third kappa shape index (κ3) is 29.1. The minimum Gasteiger partial charge on any atom is -0.480 e. The van der Waals surface area contributed by atoms with E-state index in [1.165, 1.54) is 83.1 Å². The Labute approximate surface area is 338 Å². The summed E-state index contributed by atoms with van der Waals surface area (Å²) in [6.45, 7) is 24.3. The molecule has 0 aromatic rings. The van der Waals surface area contributed by atoms with Gasteiger partial charge in [0.25, 0.3) is 0 Å². The Morgan fingerprint density at radius 1 is 0.521 bits per heavy atom. The molecule has 286 valence electrons. The monoisotopic (exact) mass is 908 g/mol. The van der Waals surface area contributed by atoms with Gasteiger partial charge >= 0.3 is 23.9 Å². The molecule has 0 heterocycles. The van der Waals surface area contributed by atoms with Gasteiger partial charge in [-0.1, -0.05) is 118 Å². The molecule has 0 radical (unpaired) electrons. The number of alkyl halides is 11. The van der Waals surface area contributed by atoms with Crippen LogP contribution in [0.3, 0.4) is 0 Å². The summed E-state index contributed by atoms with van der Waals surface area (Å²) in [6.07, 6.45) is 0. The van der Waals surface area contributed by atoms with Crippen LogP contribution < -0.4 is 0 Å². The minimum absolute atomic E-state index is 0.176. The molecule has 9 nitrogen and oxygen atoms in total. The number of carbonyl (C=O) groups excluding carboxylic acids is 2. The van der Waals surface area contributed by atoms with E-state index in [0.29, 0.717) is 0 Å². The summed E-state index contributed by atoms with van der Waals surface area (Å²) < 4.78 is 4.99. The van der Waals surface area contributed by atoms with Crippen molar-refractivity contribution in [2.75, 3.05) is 0 Å². The van der Waals surface area contributed by atoms with Crippen LogP contribution in [-0.2, 0) is 28.7 Å². The average molecular weight is 914 g/mol. The Balaban J connectivity index is -0.000000167. The molecule has 0 aliphatic heterocycles. The largest absolute Gasteiger partial charge is 0.480 e. The van der Waals surface area contributed by atoms with Crippen LogP contribution >= 0.6 is 128 Å². The standard InChI is InChI=1S/C8H12Cl4O2.C8H11Cl3O2.C4H7Cl3O.C4H7ClO2.C4H6O2/c1-6(2,9)5(13)14-7(3,4)8(10,11)12;1-5(2)6(12)13-7(3,4)8(9,10)11;1-3(2,8)4(5,6)7;1-4(2,5)3(6)7;1-3(2)4(5)6/h1-4H3;1H2,2-4H3;8H,1-2H3;1-2H3,(H,6,7);1H2,2H3,(H,5,6). The summed E-state index contributed by atoms with van der Waals surface area (Å²) in [4.78, 5) is 39.7. The Hall–Kier alpha value is 0.510. The van der Waals surface area contributed by atoms with E-state index in [1.807, 2.05) is 0 Å². The smallest absolute Gasteiger partial charge is 0.333 e. The van der Waals surface area contributed by atoms with Crippen LogP contribution in [0.5, 0.6) is 0 Å². The third-order valence-electron chi connectivity index (χ3n) is 4.46. The van der Waals surface area contributed by atoms with Gasteiger partial charge in [0.1, 0.15) is 15.3 Å². The molecule has 0 saturated carbocycles. The van der Waals surface area contributed by atoms with Crippen LogP contribution in [0.1, 0.15) is 83.1 Å². The lowest BCUT2D eigenvalue weighted by Gasteiger charge is -2.33. The van der Waals surface area contributed by atoms with Gasteiger partial charge in [0, 0.05) is 11.1 Å². The van der Waals surface area contributed by atoms with Gasteiger partial charge in [-0.2, -0.15) is 0 Å². The number of carboxylic acid groups (broad SMARTS) is 2. The lowest BCUT2D eigenvalue weighted by molar-refractivity contribution is -0.158. The van der Waals surface area contributed by atoms with Gasteiger partial charge in [-0.15, -0.1) is 23.2 Å². The first-order valence-corrected chi connectivity index (χ1v) is 17.0. The van der Waals surface area contributed by atoms with Crippen molar-refractivity contribution < 1.29 is 44.0 Å². The molecule has 0 aliphatic rings. The number of aliphatic hydroxyl groups is 1. The summed E-state index contributed by atoms with van der Waals surface area (Å²) in [5.74, 6) is -3.13. The van der Waals surface area contributed by atoms with Gasteiger partial charge < -0.3 is 24.8 Å². The first-order valence-electron chi connectivity index (χ1n) is 12.8. The summed E-state index contributed by atoms with van der Waals surface area (Å²) in [5, 5.41) is 25.0. The number of esters is 2. The Morgan fingerprint density at radius 2 is 0.750 bits per heavy atom. The number of hydrogen-bond acceptors (Lipinski definition) is 7. The molecule has 20 heteroatoms. The van der Waals surface area contributed by atoms with Crippen LogP contribution in [0, 0.1) is 0 Å². The van der Waals surface area contributed by atoms with Crippen molar-refractivity contribution in [3.8, 4) is 0 Å². The normalized spacial score (nSPS) is 12.4. The summed E-state index contributed by atoms with van der Waals surface area (Å²) >= 11 is 60.6. The van der Waals surface area contributed by atoms with E-state index < -0.39 is 61.8 Å². The van der Waals surface area contributed by atoms with Gasteiger partial charge in [0.2, 0.25) is 11.4 Å². The van der Waals surface area contributed by atoms with Gasteiger partial charge in [0.15, 0.2) is 11.2 Å². The first kappa shape index (κ1) is 57.8. The molecular weight excluding hydrogens is 870 g/mol. The maximum absolute atomic E-state index is 11.4. The van der Waals surface area contributed by atoms with Crippen molar-refractivity contribution in [1.29, 1.82) is 0 Å². The average Bonchev–Trinajstić information content (AvgIpc) is 2.75. The van der Waals surface area contributed by atoms with Crippen LogP contribution in [0.25, 0.3) is 0 Å². The first-order chi connectivity index (χ1) is 20.3. The van der Waals surface area contributed by atoms with E-state index in [-0.39, 0.29) is 11.1 Å². The van der Waals surface area contributed by atoms with Crippen molar-refractivity contribution in [2.45, 2.75) is 121 Å². The number of carbonyl (C=O) groups is 4. The molecule has 0 atom stereocenters. The van der Waals surface area contributed by atoms with Crippen LogP contribution in [0.15, 0.2) is 24.3 Å². The quantitative estimate of drug-likeness (QED) is 0.135. The number of carboxylic acids is 2. The van der Waals surface area contributed by atoms with E-state index in [4.69, 9.17) is 152 Å². The number of aliphatic carboxylic acids is 2. The predicted molar refractivity (Wildman–Crippen MR) is 202 cm³/mol. The van der Waals surface area contributed by atoms with Crippen LogP contribution in [0.2, 0.25) is 0 Å². The molecule has 0 fully saturated rings. The zero-order chi connectivity index (χ0) is 40.9. The molecule has 0 amide bonds. The van der Waals surface area contributed by atoms with Crippen molar-refractivity contribution in [2.24, 2.45) is 0 Å². The molecule has 0 spiro atoms. The molecule has 0 aromatic heterocycles. The van der Waals surface area contributed by atoms with E-state index >= 15 is 0 Å². The Bertz CT molecular complexity index is 1060. The second-order valence-corrected chi connectivity index (χ2v) is 20.7. The Morgan fingerprint density at radius 3 is 0.875 bits per heavy atom. The van der Waals surface area contributed by atoms with Gasteiger partial charge in [-0.3, -0.25) is 9.59 Å². The summed E-state index contributed by atoms with van der Waals surface area (Å²) in [5.41, 5.74) is -3.22. The van der Waals surface area contributed by atoms with Gasteiger partial charge in [0.05, 0.1) is 0 Å². The lowest BCUT2D eigenvalue weighted by atomic mass is 10.1. The van der Waals surface area contributed by atoms with E-state index in [1.54, 1.807) is 0 Å². The molecule has 48 heavy (non-hydrogen) atoms. The highest BCUT2D eigenvalue weighted by Crippen LogP contribution is 2.42. The maximum Gasteiger partial charge on any atom is 0.333 e. The lowest BCUT2D eigenvalue weighted by Crippen LogP contribution is -2.44. The second-order valence-electron chi connectivity index (χ2n) is 12.0. The third-order valence-corrected chi connectivity index (χ3v) is 8.90. The number of hydrogen-bond donors (Lipinski definition) is 3. The number of ether oxygens (including phenoxy) is 2. The van der Waals surface area contributed by atoms with Crippen molar-refractivity contribution in [3.63, 3.8) is 0 Å². The zero-order valence-corrected chi connectivity index (χ0v) is 36.7. The fourth-order valence-electron chi connectivity index (χ4n) is 0.788. The SMILES string of the molecule is C=C(C)C(=O)O.C=C(C)C(=O)OC(C)(C)C(Cl)(Cl)Cl.CC(C)(Cl)C(=O)O.CC(C)(Cl)C(=O)OC(C)(C)C(Cl)(Cl)Cl.CC(C)(O)C(Cl)(Cl)Cl. The van der Waals surface area contributed by atoms with Gasteiger partial charge in [-0.25, -0.2) is 9.59 Å². The second kappa shape index (κ2) is 21.9. The highest BCUT2D eigenvalue weighted by atomic mass is 35.6. The molecule has 0 aromatic carbocycles. The molecular formula is C28H43Cl11O9. The van der Waals surface area contributed by atoms with Crippen LogP contribution in [0.4, 0.5) is 0 Å². The number of rotatable bonds is 6. The van der Waals surface area contributed by atoms with E-state index in [0.717, 1.165) is 0 Å². The summed E-state index contributed by atoms with van der Waals surface area (Å²) in [6, 6.07) is 0. The topological polar surface area (TPSA) is 147 Å². The maximum atomic E-state index is 11.4. The van der Waals surface area contributed by atoms with E-state index in [9.17, 15) is 19.2 Å².